The minimum atomic E-state index is -4.73. The van der Waals surface area contributed by atoms with Crippen molar-refractivity contribution in [1.82, 2.24) is 25.1 Å². The Bertz CT molecular complexity index is 948. The highest BCUT2D eigenvalue weighted by Gasteiger charge is 2.41. The first-order valence-corrected chi connectivity index (χ1v) is 9.37. The fourth-order valence-corrected chi connectivity index (χ4v) is 3.21. The molecule has 2 aromatic rings. The molecule has 11 heteroatoms. The number of allylic oxidation sites excluding steroid dienone is 1. The molecule has 0 saturated carbocycles. The lowest BCUT2D eigenvalue weighted by Gasteiger charge is -2.26. The molecule has 3 rings (SSSR count). The summed E-state index contributed by atoms with van der Waals surface area (Å²) in [6, 6.07) is 1.14. The van der Waals surface area contributed by atoms with Crippen LogP contribution in [0.25, 0.3) is 11.5 Å². The summed E-state index contributed by atoms with van der Waals surface area (Å²) in [5.41, 5.74) is 4.41. The highest BCUT2D eigenvalue weighted by atomic mass is 19.4. The number of aromatic nitrogens is 4. The van der Waals surface area contributed by atoms with E-state index < -0.39 is 29.6 Å². The number of nitrogens with zero attached hydrogens (tertiary/aromatic N) is 4. The summed E-state index contributed by atoms with van der Waals surface area (Å²) in [7, 11) is 0. The number of nitrogens with two attached hydrogens (primary N) is 1. The molecule has 1 amide bonds. The third kappa shape index (κ3) is 4.89. The van der Waals surface area contributed by atoms with E-state index in [2.05, 4.69) is 20.4 Å². The van der Waals surface area contributed by atoms with Crippen molar-refractivity contribution < 1.29 is 22.7 Å². The molecule has 0 spiro atoms. The van der Waals surface area contributed by atoms with Crippen LogP contribution in [-0.2, 0) is 10.9 Å². The molecular formula is C19H23F3N6O2. The van der Waals surface area contributed by atoms with E-state index in [4.69, 9.17) is 10.5 Å². The number of ether oxygens (including phenoxy) is 1. The lowest BCUT2D eigenvalue weighted by atomic mass is 9.89. The Morgan fingerprint density at radius 2 is 1.93 bits per heavy atom. The van der Waals surface area contributed by atoms with Crippen molar-refractivity contribution in [3.05, 3.63) is 35.8 Å². The van der Waals surface area contributed by atoms with Gasteiger partial charge in [0.15, 0.2) is 5.69 Å². The van der Waals surface area contributed by atoms with Gasteiger partial charge >= 0.3 is 12.3 Å². The third-order valence-electron chi connectivity index (χ3n) is 4.35. The number of carbonyl (C=O) groups excluding carboxylic acids is 1. The Morgan fingerprint density at radius 1 is 1.27 bits per heavy atom. The zero-order valence-corrected chi connectivity index (χ0v) is 16.8. The van der Waals surface area contributed by atoms with Gasteiger partial charge in [-0.15, -0.1) is 0 Å². The zero-order chi connectivity index (χ0) is 22.1. The number of nitrogens with one attached hydrogen (secondary N) is 1. The summed E-state index contributed by atoms with van der Waals surface area (Å²) in [6.07, 6.45) is 0.315. The molecule has 0 radical (unpaired) electrons. The second-order valence-corrected chi connectivity index (χ2v) is 7.92. The van der Waals surface area contributed by atoms with Crippen LogP contribution in [0.4, 0.5) is 23.8 Å². The molecule has 1 unspecified atom stereocenters. The molecule has 0 bridgehead atoms. The molecule has 0 aliphatic heterocycles. The van der Waals surface area contributed by atoms with Gasteiger partial charge in [-0.1, -0.05) is 6.08 Å². The predicted molar refractivity (Wildman–Crippen MR) is 104 cm³/mol. The Hall–Kier alpha value is -3.11. The quantitative estimate of drug-likeness (QED) is 0.778. The van der Waals surface area contributed by atoms with Gasteiger partial charge in [-0.25, -0.2) is 14.8 Å². The Kier molecular flexibility index (Phi) is 5.73. The van der Waals surface area contributed by atoms with Crippen molar-refractivity contribution >= 4 is 17.5 Å². The molecule has 2 heterocycles. The second-order valence-electron chi connectivity index (χ2n) is 7.92. The first-order valence-electron chi connectivity index (χ1n) is 9.37. The summed E-state index contributed by atoms with van der Waals surface area (Å²) in [5.74, 6) is -0.274. The van der Waals surface area contributed by atoms with Crippen LogP contribution in [0, 0.1) is 0 Å². The van der Waals surface area contributed by atoms with E-state index in [1.807, 2.05) is 0 Å². The van der Waals surface area contributed by atoms with E-state index in [0.29, 0.717) is 18.4 Å². The summed E-state index contributed by atoms with van der Waals surface area (Å²) in [5, 5.41) is 6.37. The molecule has 1 aliphatic rings. The van der Waals surface area contributed by atoms with E-state index in [-0.39, 0.29) is 23.8 Å². The lowest BCUT2D eigenvalue weighted by Crippen LogP contribution is -2.40. The first kappa shape index (κ1) is 21.6. The van der Waals surface area contributed by atoms with Crippen LogP contribution in [0.15, 0.2) is 24.5 Å². The van der Waals surface area contributed by atoms with Crippen LogP contribution in [0.2, 0.25) is 0 Å². The molecule has 0 fully saturated rings. The number of halogens is 3. The largest absolute Gasteiger partial charge is 0.444 e. The molecule has 2 aromatic heterocycles. The minimum absolute atomic E-state index is 0.0633. The van der Waals surface area contributed by atoms with Gasteiger partial charge in [0.25, 0.3) is 5.95 Å². The molecule has 8 nitrogen and oxygen atoms in total. The standard InChI is InChI=1S/C19H23F3N6O2/c1-18(2,3)30-17(29)26-12-7-4-6-11(10-12)13-14(19(20,21)22)27-28(15(13)23)16-24-8-5-9-25-16/h5-6,8-9,12H,4,7,10,23H2,1-3H3,(H,26,29). The Labute approximate surface area is 171 Å². The number of nitrogen functional groups attached to an aromatic ring is 1. The van der Waals surface area contributed by atoms with Gasteiger partial charge < -0.3 is 15.8 Å². The van der Waals surface area contributed by atoms with E-state index in [1.165, 1.54) is 18.5 Å². The zero-order valence-electron chi connectivity index (χ0n) is 16.8. The molecule has 1 atom stereocenters. The Balaban J connectivity index is 1.92. The maximum absolute atomic E-state index is 13.7. The minimum Gasteiger partial charge on any atom is -0.444 e. The topological polar surface area (TPSA) is 108 Å². The molecular weight excluding hydrogens is 401 g/mol. The summed E-state index contributed by atoms with van der Waals surface area (Å²) in [4.78, 5) is 19.9. The van der Waals surface area contributed by atoms with Gasteiger partial charge in [-0.3, -0.25) is 0 Å². The summed E-state index contributed by atoms with van der Waals surface area (Å²) >= 11 is 0. The van der Waals surface area contributed by atoms with Crippen LogP contribution in [-0.4, -0.2) is 37.5 Å². The predicted octanol–water partition coefficient (Wildman–Crippen LogP) is 3.72. The number of hydrogen-bond donors (Lipinski definition) is 2. The van der Waals surface area contributed by atoms with Gasteiger partial charge in [0.1, 0.15) is 11.4 Å². The van der Waals surface area contributed by atoms with E-state index in [1.54, 1.807) is 26.8 Å². The van der Waals surface area contributed by atoms with Crippen molar-refractivity contribution in [1.29, 1.82) is 0 Å². The van der Waals surface area contributed by atoms with E-state index >= 15 is 0 Å². The Morgan fingerprint density at radius 3 is 2.53 bits per heavy atom. The highest BCUT2D eigenvalue weighted by molar-refractivity contribution is 5.78. The van der Waals surface area contributed by atoms with Crippen molar-refractivity contribution in [2.45, 2.75) is 57.9 Å². The van der Waals surface area contributed by atoms with Crippen LogP contribution in [0.1, 0.15) is 51.3 Å². The van der Waals surface area contributed by atoms with Gasteiger partial charge in [0.05, 0.1) is 5.56 Å². The molecule has 1 aliphatic carbocycles. The average Bonchev–Trinajstić information content (AvgIpc) is 2.98. The van der Waals surface area contributed by atoms with Gasteiger partial charge in [-0.2, -0.15) is 23.0 Å². The third-order valence-corrected chi connectivity index (χ3v) is 4.35. The van der Waals surface area contributed by atoms with Crippen molar-refractivity contribution in [2.24, 2.45) is 0 Å². The van der Waals surface area contributed by atoms with Crippen LogP contribution >= 0.6 is 0 Å². The number of carbonyl (C=O) groups is 1. The molecule has 0 saturated heterocycles. The number of alkyl carbamates (subject to hydrolysis) is 1. The number of hydrogen-bond acceptors (Lipinski definition) is 6. The number of anilines is 1. The second kappa shape index (κ2) is 7.96. The van der Waals surface area contributed by atoms with Crippen molar-refractivity contribution in [3.8, 4) is 5.95 Å². The van der Waals surface area contributed by atoms with Crippen LogP contribution < -0.4 is 11.1 Å². The fourth-order valence-electron chi connectivity index (χ4n) is 3.21. The number of rotatable bonds is 3. The van der Waals surface area contributed by atoms with Gasteiger partial charge in [0, 0.05) is 18.4 Å². The average molecular weight is 424 g/mol. The molecule has 0 aromatic carbocycles. The smallest absolute Gasteiger partial charge is 0.435 e. The van der Waals surface area contributed by atoms with Crippen LogP contribution in [0.3, 0.4) is 0 Å². The van der Waals surface area contributed by atoms with Crippen molar-refractivity contribution in [3.63, 3.8) is 0 Å². The first-order chi connectivity index (χ1) is 14.0. The number of amides is 1. The lowest BCUT2D eigenvalue weighted by molar-refractivity contribution is -0.141. The molecule has 3 N–H and O–H groups in total. The summed E-state index contributed by atoms with van der Waals surface area (Å²) in [6.45, 7) is 5.19. The van der Waals surface area contributed by atoms with E-state index in [0.717, 1.165) is 4.68 Å². The highest BCUT2D eigenvalue weighted by Crippen LogP contribution is 2.41. The fraction of sp³-hybridized carbons (Fsp3) is 0.474. The molecule has 30 heavy (non-hydrogen) atoms. The maximum Gasteiger partial charge on any atom is 0.435 e. The van der Waals surface area contributed by atoms with E-state index in [9.17, 15) is 18.0 Å². The normalized spacial score (nSPS) is 17.4. The van der Waals surface area contributed by atoms with Gasteiger partial charge in [0.2, 0.25) is 0 Å². The number of alkyl halides is 3. The van der Waals surface area contributed by atoms with Gasteiger partial charge in [-0.05, 0) is 51.7 Å². The van der Waals surface area contributed by atoms with Crippen molar-refractivity contribution in [2.75, 3.05) is 5.73 Å². The monoisotopic (exact) mass is 424 g/mol. The molecule has 162 valence electrons. The summed E-state index contributed by atoms with van der Waals surface area (Å²) < 4.78 is 47.3. The van der Waals surface area contributed by atoms with Crippen LogP contribution in [0.5, 0.6) is 0 Å². The SMILES string of the molecule is CC(C)(C)OC(=O)NC1CCC=C(c2c(C(F)(F)F)nn(-c3ncccn3)c2N)C1. The maximum atomic E-state index is 13.7.